The van der Waals surface area contributed by atoms with Gasteiger partial charge in [-0.2, -0.15) is 0 Å². The van der Waals surface area contributed by atoms with Crippen LogP contribution in [0, 0.1) is 0 Å². The minimum Gasteiger partial charge on any atom is -0.497 e. The lowest BCUT2D eigenvalue weighted by Gasteiger charge is -2.16. The van der Waals surface area contributed by atoms with Gasteiger partial charge in [0, 0.05) is 29.6 Å². The maximum absolute atomic E-state index is 12.6. The van der Waals surface area contributed by atoms with Gasteiger partial charge in [-0.3, -0.25) is 4.79 Å². The third kappa shape index (κ3) is 4.18. The normalized spacial score (nSPS) is 10.5. The molecule has 0 aliphatic heterocycles. The molecule has 1 aromatic heterocycles. The van der Waals surface area contributed by atoms with E-state index in [9.17, 15) is 4.79 Å². The lowest BCUT2D eigenvalue weighted by Crippen LogP contribution is -2.26. The zero-order chi connectivity index (χ0) is 17.8. The first kappa shape index (κ1) is 17.5. The van der Waals surface area contributed by atoms with E-state index in [2.05, 4.69) is 4.98 Å². The van der Waals surface area contributed by atoms with E-state index in [0.717, 1.165) is 21.9 Å². The predicted molar refractivity (Wildman–Crippen MR) is 101 cm³/mol. The van der Waals surface area contributed by atoms with Gasteiger partial charge in [-0.1, -0.05) is 35.9 Å². The first-order valence-electron chi connectivity index (χ1n) is 7.66. The summed E-state index contributed by atoms with van der Waals surface area (Å²) in [5.41, 5.74) is 2.38. The van der Waals surface area contributed by atoms with Crippen LogP contribution in [0.1, 0.15) is 16.1 Å². The number of ether oxygens (including phenoxy) is 1. The van der Waals surface area contributed by atoms with E-state index in [4.69, 9.17) is 16.3 Å². The summed E-state index contributed by atoms with van der Waals surface area (Å²) in [6, 6.07) is 15.1. The van der Waals surface area contributed by atoms with Crippen molar-refractivity contribution in [3.63, 3.8) is 0 Å². The SMILES string of the molecule is COc1ccc(CN(C)C(=O)c2csc(-c3cccc(Cl)c3)n2)cc1. The topological polar surface area (TPSA) is 42.4 Å². The largest absolute Gasteiger partial charge is 0.497 e. The Bertz CT molecular complexity index is 877. The van der Waals surface area contributed by atoms with Crippen molar-refractivity contribution in [2.24, 2.45) is 0 Å². The monoisotopic (exact) mass is 372 g/mol. The third-order valence-electron chi connectivity index (χ3n) is 3.72. The van der Waals surface area contributed by atoms with Crippen molar-refractivity contribution in [3.8, 4) is 16.3 Å². The van der Waals surface area contributed by atoms with Gasteiger partial charge in [0.2, 0.25) is 0 Å². The molecule has 0 fully saturated rings. The molecule has 0 aliphatic carbocycles. The number of carbonyl (C=O) groups is 1. The average molecular weight is 373 g/mol. The quantitative estimate of drug-likeness (QED) is 0.649. The van der Waals surface area contributed by atoms with E-state index >= 15 is 0 Å². The fourth-order valence-electron chi connectivity index (χ4n) is 2.40. The number of amides is 1. The van der Waals surface area contributed by atoms with Crippen LogP contribution in [-0.2, 0) is 6.54 Å². The minimum atomic E-state index is -0.111. The van der Waals surface area contributed by atoms with Gasteiger partial charge in [-0.15, -0.1) is 11.3 Å². The fourth-order valence-corrected chi connectivity index (χ4v) is 3.38. The van der Waals surface area contributed by atoms with Gasteiger partial charge in [-0.05, 0) is 29.8 Å². The van der Waals surface area contributed by atoms with Crippen LogP contribution in [-0.4, -0.2) is 29.9 Å². The van der Waals surface area contributed by atoms with E-state index in [1.54, 1.807) is 24.4 Å². The van der Waals surface area contributed by atoms with E-state index in [-0.39, 0.29) is 5.91 Å². The van der Waals surface area contributed by atoms with Crippen LogP contribution in [0.2, 0.25) is 5.02 Å². The zero-order valence-corrected chi connectivity index (χ0v) is 15.5. The second kappa shape index (κ2) is 7.68. The Hall–Kier alpha value is -2.37. The average Bonchev–Trinajstić information content (AvgIpc) is 3.12. The van der Waals surface area contributed by atoms with Gasteiger partial charge >= 0.3 is 0 Å². The molecule has 0 atom stereocenters. The number of hydrogen-bond acceptors (Lipinski definition) is 4. The van der Waals surface area contributed by atoms with Crippen LogP contribution in [0.3, 0.4) is 0 Å². The highest BCUT2D eigenvalue weighted by atomic mass is 35.5. The molecule has 0 unspecified atom stereocenters. The van der Waals surface area contributed by atoms with Crippen molar-refractivity contribution in [3.05, 3.63) is 70.2 Å². The minimum absolute atomic E-state index is 0.111. The summed E-state index contributed by atoms with van der Waals surface area (Å²) in [6.07, 6.45) is 0. The Morgan fingerprint density at radius 2 is 2.00 bits per heavy atom. The summed E-state index contributed by atoms with van der Waals surface area (Å²) in [7, 11) is 3.40. The number of halogens is 1. The third-order valence-corrected chi connectivity index (χ3v) is 4.85. The molecule has 0 N–H and O–H groups in total. The summed E-state index contributed by atoms with van der Waals surface area (Å²) < 4.78 is 5.15. The Kier molecular flexibility index (Phi) is 5.36. The molecule has 128 valence electrons. The standard InChI is InChI=1S/C19H17ClN2O2S/c1-22(11-13-6-8-16(24-2)9-7-13)19(23)17-12-25-18(21-17)14-4-3-5-15(20)10-14/h3-10,12H,11H2,1-2H3. The van der Waals surface area contributed by atoms with E-state index in [0.29, 0.717) is 17.3 Å². The molecule has 3 aromatic rings. The molecule has 4 nitrogen and oxygen atoms in total. The molecule has 0 saturated carbocycles. The zero-order valence-electron chi connectivity index (χ0n) is 13.9. The molecule has 3 rings (SSSR count). The first-order valence-corrected chi connectivity index (χ1v) is 8.92. The Labute approximate surface area is 155 Å². The fraction of sp³-hybridized carbons (Fsp3) is 0.158. The smallest absolute Gasteiger partial charge is 0.273 e. The molecule has 2 aromatic carbocycles. The number of methoxy groups -OCH3 is 1. The van der Waals surface area contributed by atoms with E-state index in [1.165, 1.54) is 11.3 Å². The molecule has 6 heteroatoms. The Balaban J connectivity index is 1.72. The van der Waals surface area contributed by atoms with Gasteiger partial charge in [0.05, 0.1) is 7.11 Å². The number of thiazole rings is 1. The van der Waals surface area contributed by atoms with Crippen LogP contribution in [0.25, 0.3) is 10.6 Å². The number of rotatable bonds is 5. The van der Waals surface area contributed by atoms with Gasteiger partial charge in [0.15, 0.2) is 0 Å². The summed E-state index contributed by atoms with van der Waals surface area (Å²) in [4.78, 5) is 18.7. The van der Waals surface area contributed by atoms with Crippen molar-refractivity contribution < 1.29 is 9.53 Å². The molecule has 0 saturated heterocycles. The molecule has 1 heterocycles. The molecular weight excluding hydrogens is 356 g/mol. The van der Waals surface area contributed by atoms with E-state index < -0.39 is 0 Å². The molecule has 1 amide bonds. The summed E-state index contributed by atoms with van der Waals surface area (Å²) in [6.45, 7) is 0.507. The van der Waals surface area contributed by atoms with Gasteiger partial charge in [-0.25, -0.2) is 4.98 Å². The summed E-state index contributed by atoms with van der Waals surface area (Å²) >= 11 is 7.45. The molecule has 0 radical (unpaired) electrons. The van der Waals surface area contributed by atoms with Crippen molar-refractivity contribution in [2.75, 3.05) is 14.2 Å². The van der Waals surface area contributed by atoms with Gasteiger partial charge in [0.25, 0.3) is 5.91 Å². The van der Waals surface area contributed by atoms with E-state index in [1.807, 2.05) is 48.5 Å². The lowest BCUT2D eigenvalue weighted by molar-refractivity contribution is 0.0780. The van der Waals surface area contributed by atoms with Gasteiger partial charge in [0.1, 0.15) is 16.5 Å². The lowest BCUT2D eigenvalue weighted by atomic mass is 10.2. The molecule has 0 aliphatic rings. The number of hydrogen-bond donors (Lipinski definition) is 0. The van der Waals surface area contributed by atoms with Crippen LogP contribution in [0.5, 0.6) is 5.75 Å². The number of carbonyl (C=O) groups excluding carboxylic acids is 1. The molecule has 0 bridgehead atoms. The number of benzene rings is 2. The molecular formula is C19H17ClN2O2S. The molecule has 0 spiro atoms. The Morgan fingerprint density at radius 1 is 1.24 bits per heavy atom. The highest BCUT2D eigenvalue weighted by Crippen LogP contribution is 2.26. The van der Waals surface area contributed by atoms with Crippen molar-refractivity contribution in [1.82, 2.24) is 9.88 Å². The Morgan fingerprint density at radius 3 is 2.68 bits per heavy atom. The highest BCUT2D eigenvalue weighted by Gasteiger charge is 2.16. The maximum atomic E-state index is 12.6. The number of aromatic nitrogens is 1. The summed E-state index contributed by atoms with van der Waals surface area (Å²) in [5.74, 6) is 0.684. The van der Waals surface area contributed by atoms with Crippen molar-refractivity contribution in [1.29, 1.82) is 0 Å². The van der Waals surface area contributed by atoms with Crippen LogP contribution >= 0.6 is 22.9 Å². The highest BCUT2D eigenvalue weighted by molar-refractivity contribution is 7.13. The van der Waals surface area contributed by atoms with Crippen LogP contribution in [0.15, 0.2) is 53.9 Å². The van der Waals surface area contributed by atoms with Crippen LogP contribution < -0.4 is 4.74 Å². The maximum Gasteiger partial charge on any atom is 0.273 e. The van der Waals surface area contributed by atoms with Crippen molar-refractivity contribution >= 4 is 28.8 Å². The van der Waals surface area contributed by atoms with Crippen LogP contribution in [0.4, 0.5) is 0 Å². The van der Waals surface area contributed by atoms with Crippen molar-refractivity contribution in [2.45, 2.75) is 6.54 Å². The second-order valence-electron chi connectivity index (χ2n) is 5.56. The number of nitrogens with zero attached hydrogens (tertiary/aromatic N) is 2. The summed E-state index contributed by atoms with van der Waals surface area (Å²) in [5, 5.41) is 3.21. The second-order valence-corrected chi connectivity index (χ2v) is 6.85. The van der Waals surface area contributed by atoms with Gasteiger partial charge < -0.3 is 9.64 Å². The molecule has 25 heavy (non-hydrogen) atoms. The predicted octanol–water partition coefficient (Wildman–Crippen LogP) is 4.74. The first-order chi connectivity index (χ1) is 12.1.